The number of piperazine rings is 1. The van der Waals surface area contributed by atoms with Crippen molar-refractivity contribution in [2.45, 2.75) is 13.0 Å². The molecule has 0 bridgehead atoms. The van der Waals surface area contributed by atoms with Crippen molar-refractivity contribution in [1.29, 1.82) is 0 Å². The fraction of sp³-hybridized carbons (Fsp3) is 0.278. The van der Waals surface area contributed by atoms with Crippen molar-refractivity contribution in [3.05, 3.63) is 48.0 Å². The molecule has 1 saturated heterocycles. The molecule has 0 unspecified atom stereocenters. The third kappa shape index (κ3) is 2.92. The van der Waals surface area contributed by atoms with E-state index in [1.165, 1.54) is 0 Å². The summed E-state index contributed by atoms with van der Waals surface area (Å²) in [6, 6.07) is 8.31. The van der Waals surface area contributed by atoms with Gasteiger partial charge in [0.05, 0.1) is 5.69 Å². The van der Waals surface area contributed by atoms with Gasteiger partial charge in [0.2, 0.25) is 0 Å². The van der Waals surface area contributed by atoms with Gasteiger partial charge in [-0.1, -0.05) is 11.6 Å². The van der Waals surface area contributed by atoms with Gasteiger partial charge in [-0.15, -0.1) is 0 Å². The predicted octanol–water partition coefficient (Wildman–Crippen LogP) is 3.14. The number of aromatic nitrogens is 3. The Morgan fingerprint density at radius 2 is 2.17 bits per heavy atom. The van der Waals surface area contributed by atoms with E-state index < -0.39 is 0 Å². The van der Waals surface area contributed by atoms with Crippen molar-refractivity contribution in [2.75, 3.05) is 24.5 Å². The number of fused-ring (bicyclic) bond motifs is 1. The molecule has 5 nitrogen and oxygen atoms in total. The molecule has 0 radical (unpaired) electrons. The molecule has 0 amide bonds. The topological polar surface area (TPSA) is 53.9 Å². The SMILES string of the molecule is C[C@H]1CN(c2nc(-c3ccnc(Cl)c3)cc3cnccc23)CCN1. The molecule has 4 rings (SSSR count). The third-order valence-corrected chi connectivity index (χ3v) is 4.51. The molecular weight excluding hydrogens is 322 g/mol. The van der Waals surface area contributed by atoms with Gasteiger partial charge in [-0.25, -0.2) is 9.97 Å². The molecule has 1 aliphatic heterocycles. The summed E-state index contributed by atoms with van der Waals surface area (Å²) in [5.41, 5.74) is 1.85. The summed E-state index contributed by atoms with van der Waals surface area (Å²) in [7, 11) is 0. The first-order chi connectivity index (χ1) is 11.7. The fourth-order valence-corrected chi connectivity index (χ4v) is 3.33. The maximum Gasteiger partial charge on any atom is 0.137 e. The Hall–Kier alpha value is -2.24. The second-order valence-corrected chi connectivity index (χ2v) is 6.48. The molecule has 1 N–H and O–H groups in total. The van der Waals surface area contributed by atoms with Crippen molar-refractivity contribution in [3.8, 4) is 11.3 Å². The Bertz CT molecular complexity index is 882. The number of nitrogens with one attached hydrogen (secondary N) is 1. The maximum absolute atomic E-state index is 6.05. The minimum atomic E-state index is 0.441. The summed E-state index contributed by atoms with van der Waals surface area (Å²) >= 11 is 6.05. The van der Waals surface area contributed by atoms with E-state index in [0.29, 0.717) is 11.2 Å². The molecule has 3 aromatic heterocycles. The van der Waals surface area contributed by atoms with Crippen LogP contribution in [0.5, 0.6) is 0 Å². The van der Waals surface area contributed by atoms with Crippen LogP contribution in [-0.2, 0) is 0 Å². The molecule has 1 atom stereocenters. The van der Waals surface area contributed by atoms with Crippen LogP contribution >= 0.6 is 11.6 Å². The largest absolute Gasteiger partial charge is 0.353 e. The minimum Gasteiger partial charge on any atom is -0.353 e. The number of pyridine rings is 3. The van der Waals surface area contributed by atoms with Gasteiger partial charge in [-0.2, -0.15) is 0 Å². The zero-order chi connectivity index (χ0) is 16.5. The van der Waals surface area contributed by atoms with Gasteiger partial charge in [0.15, 0.2) is 0 Å². The van der Waals surface area contributed by atoms with Crippen LogP contribution in [0, 0.1) is 0 Å². The van der Waals surface area contributed by atoms with E-state index in [2.05, 4.69) is 33.2 Å². The molecule has 0 aliphatic carbocycles. The van der Waals surface area contributed by atoms with E-state index >= 15 is 0 Å². The van der Waals surface area contributed by atoms with E-state index in [9.17, 15) is 0 Å². The number of halogens is 1. The smallest absolute Gasteiger partial charge is 0.137 e. The molecule has 4 heterocycles. The fourth-order valence-electron chi connectivity index (χ4n) is 3.15. The van der Waals surface area contributed by atoms with E-state index in [-0.39, 0.29) is 0 Å². The minimum absolute atomic E-state index is 0.441. The molecule has 6 heteroatoms. The monoisotopic (exact) mass is 339 g/mol. The van der Waals surface area contributed by atoms with Crippen LogP contribution in [0.2, 0.25) is 5.15 Å². The van der Waals surface area contributed by atoms with Crippen molar-refractivity contribution < 1.29 is 0 Å². The molecule has 3 aromatic rings. The van der Waals surface area contributed by atoms with Crippen LogP contribution in [0.25, 0.3) is 22.0 Å². The van der Waals surface area contributed by atoms with Crippen LogP contribution < -0.4 is 10.2 Å². The molecule has 1 aliphatic rings. The van der Waals surface area contributed by atoms with Gasteiger partial charge in [0, 0.05) is 60.6 Å². The molecule has 0 aromatic carbocycles. The Morgan fingerprint density at radius 1 is 1.25 bits per heavy atom. The summed E-state index contributed by atoms with van der Waals surface area (Å²) in [5, 5.41) is 6.15. The highest BCUT2D eigenvalue weighted by molar-refractivity contribution is 6.29. The third-order valence-electron chi connectivity index (χ3n) is 4.30. The Morgan fingerprint density at radius 3 is 3.00 bits per heavy atom. The Kier molecular flexibility index (Phi) is 4.04. The maximum atomic E-state index is 6.05. The molecule has 1 fully saturated rings. The van der Waals surface area contributed by atoms with Crippen molar-refractivity contribution in [2.24, 2.45) is 0 Å². The van der Waals surface area contributed by atoms with E-state index in [4.69, 9.17) is 16.6 Å². The van der Waals surface area contributed by atoms with Crippen LogP contribution in [0.3, 0.4) is 0 Å². The number of nitrogens with zero attached hydrogens (tertiary/aromatic N) is 4. The molecule has 0 saturated carbocycles. The molecule has 122 valence electrons. The van der Waals surface area contributed by atoms with Crippen LogP contribution in [-0.4, -0.2) is 40.6 Å². The first-order valence-corrected chi connectivity index (χ1v) is 8.43. The lowest BCUT2D eigenvalue weighted by Crippen LogP contribution is -2.49. The van der Waals surface area contributed by atoms with E-state index in [0.717, 1.165) is 47.5 Å². The van der Waals surface area contributed by atoms with Crippen LogP contribution in [0.4, 0.5) is 5.82 Å². The lowest BCUT2D eigenvalue weighted by Gasteiger charge is -2.33. The lowest BCUT2D eigenvalue weighted by atomic mass is 10.1. The zero-order valence-electron chi connectivity index (χ0n) is 13.4. The second kappa shape index (κ2) is 6.34. The van der Waals surface area contributed by atoms with Gasteiger partial charge in [0.25, 0.3) is 0 Å². The van der Waals surface area contributed by atoms with E-state index in [1.807, 2.05) is 30.6 Å². The Balaban J connectivity index is 1.88. The first kappa shape index (κ1) is 15.3. The van der Waals surface area contributed by atoms with Gasteiger partial charge in [0.1, 0.15) is 11.0 Å². The molecule has 24 heavy (non-hydrogen) atoms. The van der Waals surface area contributed by atoms with Crippen molar-refractivity contribution in [3.63, 3.8) is 0 Å². The van der Waals surface area contributed by atoms with Crippen LogP contribution in [0.15, 0.2) is 42.9 Å². The van der Waals surface area contributed by atoms with Gasteiger partial charge in [-0.3, -0.25) is 4.98 Å². The summed E-state index contributed by atoms with van der Waals surface area (Å²) in [6.07, 6.45) is 5.42. The predicted molar refractivity (Wildman–Crippen MR) is 97.5 cm³/mol. The highest BCUT2D eigenvalue weighted by Crippen LogP contribution is 2.30. The average Bonchev–Trinajstić information content (AvgIpc) is 2.61. The second-order valence-electron chi connectivity index (χ2n) is 6.10. The molecular formula is C18H18ClN5. The normalized spacial score (nSPS) is 18.1. The highest BCUT2D eigenvalue weighted by Gasteiger charge is 2.20. The standard InChI is InChI=1S/C18H18ClN5/c1-12-11-24(7-6-21-12)18-15-3-4-20-10-14(15)8-16(23-18)13-2-5-22-17(19)9-13/h2-5,8-10,12,21H,6-7,11H2,1H3/t12-/m0/s1. The lowest BCUT2D eigenvalue weighted by molar-refractivity contribution is 0.483. The van der Waals surface area contributed by atoms with Gasteiger partial charge < -0.3 is 10.2 Å². The highest BCUT2D eigenvalue weighted by atomic mass is 35.5. The van der Waals surface area contributed by atoms with Gasteiger partial charge in [-0.05, 0) is 31.2 Å². The van der Waals surface area contributed by atoms with Crippen molar-refractivity contribution in [1.82, 2.24) is 20.3 Å². The first-order valence-electron chi connectivity index (χ1n) is 8.06. The number of hydrogen-bond donors (Lipinski definition) is 1. The average molecular weight is 340 g/mol. The number of anilines is 1. The summed E-state index contributed by atoms with van der Waals surface area (Å²) in [4.78, 5) is 15.6. The number of hydrogen-bond acceptors (Lipinski definition) is 5. The number of rotatable bonds is 2. The summed E-state index contributed by atoms with van der Waals surface area (Å²) < 4.78 is 0. The Labute approximate surface area is 145 Å². The van der Waals surface area contributed by atoms with Crippen molar-refractivity contribution >= 4 is 28.2 Å². The van der Waals surface area contributed by atoms with Gasteiger partial charge >= 0.3 is 0 Å². The summed E-state index contributed by atoms with van der Waals surface area (Å²) in [6.45, 7) is 5.03. The molecule has 0 spiro atoms. The zero-order valence-corrected chi connectivity index (χ0v) is 14.2. The summed E-state index contributed by atoms with van der Waals surface area (Å²) in [5.74, 6) is 1.01. The quantitative estimate of drug-likeness (QED) is 0.727. The van der Waals surface area contributed by atoms with Crippen LogP contribution in [0.1, 0.15) is 6.92 Å². The van der Waals surface area contributed by atoms with E-state index in [1.54, 1.807) is 6.20 Å².